The third-order valence-electron chi connectivity index (χ3n) is 14.0. The maximum atomic E-state index is 7.21. The molecule has 12 rings (SSSR count). The zero-order valence-electron chi connectivity index (χ0n) is 37.7. The molecule has 320 valence electrons. The van der Waals surface area contributed by atoms with Gasteiger partial charge in [-0.2, -0.15) is 0 Å². The minimum atomic E-state index is -0.675. The molecular weight excluding hydrogens is 815 g/mol. The number of fused-ring (bicyclic) bond motifs is 4. The van der Waals surface area contributed by atoms with E-state index < -0.39 is 10.8 Å². The molecule has 3 heterocycles. The second-order valence-corrected chi connectivity index (χ2v) is 17.9. The van der Waals surface area contributed by atoms with Crippen molar-refractivity contribution >= 4 is 0 Å². The number of para-hydroxylation sites is 4. The lowest BCUT2D eigenvalue weighted by atomic mass is 9.63. The first-order valence-electron chi connectivity index (χ1n) is 23.1. The molecule has 0 spiro atoms. The van der Waals surface area contributed by atoms with Gasteiger partial charge in [0.1, 0.15) is 23.0 Å². The van der Waals surface area contributed by atoms with Crippen LogP contribution in [0.5, 0.6) is 23.0 Å². The zero-order chi connectivity index (χ0) is 45.1. The number of hydrogen-bond donors (Lipinski definition) is 0. The first kappa shape index (κ1) is 40.3. The second-order valence-electron chi connectivity index (χ2n) is 17.9. The maximum Gasteiger partial charge on any atom is 0.141 e. The van der Waals surface area contributed by atoms with Gasteiger partial charge in [0.25, 0.3) is 0 Å². The van der Waals surface area contributed by atoms with Gasteiger partial charge in [0.15, 0.2) is 0 Å². The molecule has 3 nitrogen and oxygen atoms in total. The van der Waals surface area contributed by atoms with Crippen molar-refractivity contribution in [3.05, 3.63) is 292 Å². The molecule has 0 aliphatic carbocycles. The summed E-state index contributed by atoms with van der Waals surface area (Å²) in [6, 6.07) is 82.6. The number of hydrogen-bond acceptors (Lipinski definition) is 3. The van der Waals surface area contributed by atoms with E-state index >= 15 is 0 Å². The summed E-state index contributed by atoms with van der Waals surface area (Å²) in [4.78, 5) is 5.73. The predicted octanol–water partition coefficient (Wildman–Crippen LogP) is 16.0. The van der Waals surface area contributed by atoms with E-state index in [2.05, 4.69) is 251 Å². The first-order chi connectivity index (χ1) is 33.0. The number of aryl methyl sites for hydroxylation is 3. The van der Waals surface area contributed by atoms with Crippen LogP contribution >= 0.6 is 0 Å². The summed E-state index contributed by atoms with van der Waals surface area (Å²) in [7, 11) is 0. The molecule has 0 saturated heterocycles. The van der Waals surface area contributed by atoms with Gasteiger partial charge in [0.05, 0.1) is 22.2 Å². The van der Waals surface area contributed by atoms with Crippen LogP contribution in [0, 0.1) is 20.8 Å². The van der Waals surface area contributed by atoms with Crippen molar-refractivity contribution in [3.63, 3.8) is 0 Å². The van der Waals surface area contributed by atoms with Crippen LogP contribution in [0.4, 0.5) is 0 Å². The monoisotopic (exact) mass is 861 g/mol. The molecule has 10 aromatic rings. The minimum absolute atomic E-state index is 0.675. The molecule has 9 aromatic carbocycles. The Morgan fingerprint density at radius 3 is 1.07 bits per heavy atom. The lowest BCUT2D eigenvalue weighted by Gasteiger charge is -2.42. The molecule has 1 aromatic heterocycles. The first-order valence-corrected chi connectivity index (χ1v) is 23.1. The number of ether oxygens (including phenoxy) is 2. The lowest BCUT2D eigenvalue weighted by molar-refractivity contribution is 0.436. The van der Waals surface area contributed by atoms with Gasteiger partial charge < -0.3 is 9.47 Å². The summed E-state index contributed by atoms with van der Waals surface area (Å²) < 4.78 is 14.4. The highest BCUT2D eigenvalue weighted by Gasteiger charge is 2.47. The van der Waals surface area contributed by atoms with Gasteiger partial charge in [0, 0.05) is 33.4 Å². The fraction of sp³-hybridized carbons (Fsp3) is 0.0781. The largest absolute Gasteiger partial charge is 0.456 e. The highest BCUT2D eigenvalue weighted by Crippen LogP contribution is 2.59. The molecular formula is C64H47NO2. The SMILES string of the molecule is Cc1cc(C)c(-c2cc(-c3cccc4c3Oc3ccccc3C4(c3ccccc3)c3ccccc3)nc(-c3cccc4c3Oc3ccccc3C4(c3ccccc3)c3ccccc3)c2)c(C)c1. The average molecular weight is 862 g/mol. The van der Waals surface area contributed by atoms with Gasteiger partial charge in [-0.15, -0.1) is 0 Å². The van der Waals surface area contributed by atoms with Crippen LogP contribution < -0.4 is 9.47 Å². The van der Waals surface area contributed by atoms with Crippen LogP contribution in [-0.4, -0.2) is 4.98 Å². The zero-order valence-corrected chi connectivity index (χ0v) is 37.7. The van der Waals surface area contributed by atoms with Crippen LogP contribution in [0.15, 0.2) is 231 Å². The Hall–Kier alpha value is -8.27. The van der Waals surface area contributed by atoms with Crippen LogP contribution in [0.3, 0.4) is 0 Å². The normalized spacial score (nSPS) is 13.8. The summed E-state index contributed by atoms with van der Waals surface area (Å²) in [5.41, 5.74) is 17.0. The van der Waals surface area contributed by atoms with Crippen LogP contribution in [0.1, 0.15) is 61.2 Å². The fourth-order valence-electron chi connectivity index (χ4n) is 11.4. The molecule has 0 saturated carbocycles. The predicted molar refractivity (Wildman–Crippen MR) is 272 cm³/mol. The summed E-state index contributed by atoms with van der Waals surface area (Å²) in [5, 5.41) is 0. The molecule has 0 fully saturated rings. The van der Waals surface area contributed by atoms with Crippen molar-refractivity contribution in [2.75, 3.05) is 0 Å². The number of rotatable bonds is 7. The molecule has 0 amide bonds. The van der Waals surface area contributed by atoms with E-state index in [-0.39, 0.29) is 0 Å². The average Bonchev–Trinajstić information content (AvgIpc) is 3.37. The van der Waals surface area contributed by atoms with Gasteiger partial charge in [0.2, 0.25) is 0 Å². The molecule has 0 atom stereocenters. The number of nitrogens with zero attached hydrogens (tertiary/aromatic N) is 1. The Morgan fingerprint density at radius 1 is 0.343 bits per heavy atom. The van der Waals surface area contributed by atoms with E-state index in [4.69, 9.17) is 14.5 Å². The summed E-state index contributed by atoms with van der Waals surface area (Å²) in [6.45, 7) is 6.60. The molecule has 0 N–H and O–H groups in total. The van der Waals surface area contributed by atoms with Gasteiger partial charge in [-0.3, -0.25) is 0 Å². The van der Waals surface area contributed by atoms with Gasteiger partial charge in [-0.05, 0) is 102 Å². The topological polar surface area (TPSA) is 31.4 Å². The Kier molecular flexibility index (Phi) is 9.62. The van der Waals surface area contributed by atoms with Crippen molar-refractivity contribution in [2.45, 2.75) is 31.6 Å². The van der Waals surface area contributed by atoms with Crippen molar-refractivity contribution in [1.29, 1.82) is 0 Å². The third kappa shape index (κ3) is 6.22. The minimum Gasteiger partial charge on any atom is -0.456 e. The smallest absolute Gasteiger partial charge is 0.141 e. The lowest BCUT2D eigenvalue weighted by Crippen LogP contribution is -2.34. The Morgan fingerprint density at radius 2 is 0.687 bits per heavy atom. The van der Waals surface area contributed by atoms with Gasteiger partial charge >= 0.3 is 0 Å². The van der Waals surface area contributed by atoms with Crippen LogP contribution in [0.25, 0.3) is 33.6 Å². The molecule has 0 bridgehead atoms. The van der Waals surface area contributed by atoms with Crippen molar-refractivity contribution in [1.82, 2.24) is 4.98 Å². The highest BCUT2D eigenvalue weighted by atomic mass is 16.5. The molecule has 67 heavy (non-hydrogen) atoms. The molecule has 0 unspecified atom stereocenters. The molecule has 3 heteroatoms. The quantitative estimate of drug-likeness (QED) is 0.160. The van der Waals surface area contributed by atoms with E-state index in [1.807, 2.05) is 0 Å². The Labute approximate surface area is 392 Å². The summed E-state index contributed by atoms with van der Waals surface area (Å²) in [6.07, 6.45) is 0. The summed E-state index contributed by atoms with van der Waals surface area (Å²) in [5.74, 6) is 3.21. The second kappa shape index (κ2) is 16.0. The number of benzene rings is 9. The van der Waals surface area contributed by atoms with E-state index in [0.717, 1.165) is 95.6 Å². The Balaban J connectivity index is 1.15. The van der Waals surface area contributed by atoms with Gasteiger partial charge in [-0.1, -0.05) is 200 Å². The van der Waals surface area contributed by atoms with Crippen LogP contribution in [0.2, 0.25) is 0 Å². The molecule has 0 radical (unpaired) electrons. The van der Waals surface area contributed by atoms with Crippen molar-refractivity contribution in [2.24, 2.45) is 0 Å². The number of pyridine rings is 1. The standard InChI is InChI=1S/C64H47NO2/c1-42-38-43(2)60(44(3)39-42)45-40-56(50-30-20-34-54-61(50)66-58-36-18-16-32-52(58)63(54,46-22-8-4-9-23-46)47-24-10-5-11-25-47)65-57(41-45)51-31-21-35-55-62(51)67-59-37-19-17-33-53(59)64(55,48-26-12-6-13-27-48)49-28-14-7-15-29-49/h4-41H,1-3H3. The third-order valence-corrected chi connectivity index (χ3v) is 14.0. The van der Waals surface area contributed by atoms with Gasteiger partial charge in [-0.25, -0.2) is 4.98 Å². The van der Waals surface area contributed by atoms with E-state index in [0.29, 0.717) is 0 Å². The van der Waals surface area contributed by atoms with E-state index in [9.17, 15) is 0 Å². The van der Waals surface area contributed by atoms with Crippen molar-refractivity contribution in [3.8, 4) is 56.6 Å². The number of aromatic nitrogens is 1. The van der Waals surface area contributed by atoms with E-state index in [1.54, 1.807) is 0 Å². The van der Waals surface area contributed by atoms with Crippen LogP contribution in [-0.2, 0) is 10.8 Å². The Bertz CT molecular complexity index is 3180. The summed E-state index contributed by atoms with van der Waals surface area (Å²) >= 11 is 0. The highest BCUT2D eigenvalue weighted by molar-refractivity contribution is 5.86. The molecule has 2 aliphatic rings. The van der Waals surface area contributed by atoms with Crippen molar-refractivity contribution < 1.29 is 9.47 Å². The molecule has 2 aliphatic heterocycles. The maximum absolute atomic E-state index is 7.21. The fourth-order valence-corrected chi connectivity index (χ4v) is 11.4. The van der Waals surface area contributed by atoms with E-state index in [1.165, 1.54) is 22.3 Å².